The molecule has 0 spiro atoms. The van der Waals surface area contributed by atoms with E-state index in [-0.39, 0.29) is 0 Å². The molecule has 6 heteroatoms. The maximum Gasteiger partial charge on any atom is 0.138 e. The highest BCUT2D eigenvalue weighted by Gasteiger charge is 2.29. The largest absolute Gasteiger partial charge is 0.381 e. The van der Waals surface area contributed by atoms with Crippen LogP contribution >= 0.6 is 0 Å². The lowest BCUT2D eigenvalue weighted by molar-refractivity contribution is 0.102. The highest BCUT2D eigenvalue weighted by molar-refractivity contribution is 5.24. The van der Waals surface area contributed by atoms with Crippen molar-refractivity contribution in [3.8, 4) is 0 Å². The molecule has 0 saturated carbocycles. The SMILES string of the molecule is CCOC[C@H]1CN(Cc2c(C)noc2C)Cc2ncn(C)c21. The van der Waals surface area contributed by atoms with Crippen molar-refractivity contribution in [1.29, 1.82) is 0 Å². The quantitative estimate of drug-likeness (QED) is 0.847. The van der Waals surface area contributed by atoms with Crippen LogP contribution in [0, 0.1) is 13.8 Å². The zero-order valence-corrected chi connectivity index (χ0v) is 13.8. The molecular weight excluding hydrogens is 280 g/mol. The average molecular weight is 304 g/mol. The molecular formula is C16H24N4O2. The van der Waals surface area contributed by atoms with Crippen LogP contribution in [0.3, 0.4) is 0 Å². The smallest absolute Gasteiger partial charge is 0.138 e. The normalized spacial score (nSPS) is 18.6. The van der Waals surface area contributed by atoms with Gasteiger partial charge in [0.25, 0.3) is 0 Å². The minimum atomic E-state index is 0.358. The maximum atomic E-state index is 5.69. The van der Waals surface area contributed by atoms with E-state index in [9.17, 15) is 0 Å². The molecule has 2 aromatic heterocycles. The van der Waals surface area contributed by atoms with Crippen LogP contribution in [0.4, 0.5) is 0 Å². The molecule has 0 fully saturated rings. The highest BCUT2D eigenvalue weighted by Crippen LogP contribution is 2.29. The molecule has 0 bridgehead atoms. The predicted molar refractivity (Wildman–Crippen MR) is 82.5 cm³/mol. The number of hydrogen-bond acceptors (Lipinski definition) is 5. The Kier molecular flexibility index (Phi) is 4.31. The molecule has 0 aromatic carbocycles. The van der Waals surface area contributed by atoms with E-state index >= 15 is 0 Å². The fourth-order valence-corrected chi connectivity index (χ4v) is 3.27. The second-order valence-electron chi connectivity index (χ2n) is 6.02. The van der Waals surface area contributed by atoms with Gasteiger partial charge in [-0.3, -0.25) is 4.90 Å². The van der Waals surface area contributed by atoms with Gasteiger partial charge in [-0.25, -0.2) is 4.98 Å². The molecule has 0 saturated heterocycles. The Morgan fingerprint density at radius 1 is 1.41 bits per heavy atom. The third-order valence-electron chi connectivity index (χ3n) is 4.39. The van der Waals surface area contributed by atoms with Crippen LogP contribution in [0.1, 0.15) is 41.2 Å². The zero-order valence-electron chi connectivity index (χ0n) is 13.8. The number of ether oxygens (including phenoxy) is 1. The summed E-state index contributed by atoms with van der Waals surface area (Å²) in [7, 11) is 2.06. The van der Waals surface area contributed by atoms with Gasteiger partial charge in [-0.1, -0.05) is 5.16 Å². The van der Waals surface area contributed by atoms with E-state index < -0.39 is 0 Å². The van der Waals surface area contributed by atoms with Crippen LogP contribution in [0.5, 0.6) is 0 Å². The summed E-state index contributed by atoms with van der Waals surface area (Å²) < 4.78 is 13.1. The number of hydrogen-bond donors (Lipinski definition) is 0. The minimum absolute atomic E-state index is 0.358. The average Bonchev–Trinajstić information content (AvgIpc) is 3.02. The lowest BCUT2D eigenvalue weighted by Crippen LogP contribution is -2.36. The van der Waals surface area contributed by atoms with Crippen molar-refractivity contribution in [2.75, 3.05) is 19.8 Å². The van der Waals surface area contributed by atoms with Crippen LogP contribution in [-0.4, -0.2) is 39.4 Å². The van der Waals surface area contributed by atoms with Crippen molar-refractivity contribution < 1.29 is 9.26 Å². The van der Waals surface area contributed by atoms with Gasteiger partial charge in [0.1, 0.15) is 5.76 Å². The summed E-state index contributed by atoms with van der Waals surface area (Å²) in [6.45, 7) is 10.2. The molecule has 6 nitrogen and oxygen atoms in total. The number of rotatable bonds is 5. The minimum Gasteiger partial charge on any atom is -0.381 e. The second kappa shape index (κ2) is 6.22. The zero-order chi connectivity index (χ0) is 15.7. The van der Waals surface area contributed by atoms with Gasteiger partial charge in [0.15, 0.2) is 0 Å². The van der Waals surface area contributed by atoms with E-state index in [0.717, 1.165) is 50.0 Å². The van der Waals surface area contributed by atoms with Crippen molar-refractivity contribution in [2.24, 2.45) is 7.05 Å². The molecule has 0 amide bonds. The first-order valence-corrected chi connectivity index (χ1v) is 7.82. The summed E-state index contributed by atoms with van der Waals surface area (Å²) in [5.74, 6) is 1.27. The van der Waals surface area contributed by atoms with Crippen molar-refractivity contribution in [2.45, 2.75) is 39.8 Å². The summed E-state index contributed by atoms with van der Waals surface area (Å²) in [5.41, 5.74) is 4.63. The van der Waals surface area contributed by atoms with Gasteiger partial charge in [0, 0.05) is 50.5 Å². The lowest BCUT2D eigenvalue weighted by Gasteiger charge is -2.32. The highest BCUT2D eigenvalue weighted by atomic mass is 16.5. The Hall–Kier alpha value is -1.66. The molecule has 1 atom stereocenters. The van der Waals surface area contributed by atoms with E-state index in [0.29, 0.717) is 5.92 Å². The molecule has 3 heterocycles. The van der Waals surface area contributed by atoms with E-state index in [1.807, 2.05) is 27.1 Å². The van der Waals surface area contributed by atoms with Crippen molar-refractivity contribution in [1.82, 2.24) is 19.6 Å². The van der Waals surface area contributed by atoms with Gasteiger partial charge in [0.2, 0.25) is 0 Å². The third kappa shape index (κ3) is 2.80. The van der Waals surface area contributed by atoms with Crippen LogP contribution in [-0.2, 0) is 24.9 Å². The van der Waals surface area contributed by atoms with Gasteiger partial charge in [-0.05, 0) is 20.8 Å². The Balaban J connectivity index is 1.81. The van der Waals surface area contributed by atoms with Crippen LogP contribution in [0.25, 0.3) is 0 Å². The number of aromatic nitrogens is 3. The molecule has 120 valence electrons. The number of imidazole rings is 1. The van der Waals surface area contributed by atoms with Gasteiger partial charge in [-0.2, -0.15) is 0 Å². The fourth-order valence-electron chi connectivity index (χ4n) is 3.27. The lowest BCUT2D eigenvalue weighted by atomic mass is 9.98. The van der Waals surface area contributed by atoms with E-state index in [4.69, 9.17) is 9.26 Å². The van der Waals surface area contributed by atoms with Gasteiger partial charge in [-0.15, -0.1) is 0 Å². The number of nitrogens with zero attached hydrogens (tertiary/aromatic N) is 4. The second-order valence-corrected chi connectivity index (χ2v) is 6.02. The van der Waals surface area contributed by atoms with Gasteiger partial charge >= 0.3 is 0 Å². The van der Waals surface area contributed by atoms with Crippen molar-refractivity contribution >= 4 is 0 Å². The topological polar surface area (TPSA) is 56.3 Å². The van der Waals surface area contributed by atoms with Crippen LogP contribution < -0.4 is 0 Å². The molecule has 3 rings (SSSR count). The summed E-state index contributed by atoms with van der Waals surface area (Å²) in [6, 6.07) is 0. The molecule has 1 aliphatic heterocycles. The Morgan fingerprint density at radius 2 is 2.23 bits per heavy atom. The molecule has 0 radical (unpaired) electrons. The van der Waals surface area contributed by atoms with Gasteiger partial charge in [0.05, 0.1) is 24.3 Å². The third-order valence-corrected chi connectivity index (χ3v) is 4.39. The maximum absolute atomic E-state index is 5.69. The fraction of sp³-hybridized carbons (Fsp3) is 0.625. The van der Waals surface area contributed by atoms with Crippen LogP contribution in [0.2, 0.25) is 0 Å². The summed E-state index contributed by atoms with van der Waals surface area (Å²) in [4.78, 5) is 6.97. The molecule has 0 N–H and O–H groups in total. The van der Waals surface area contributed by atoms with Crippen molar-refractivity contribution in [3.05, 3.63) is 34.7 Å². The molecule has 22 heavy (non-hydrogen) atoms. The summed E-state index contributed by atoms with van der Waals surface area (Å²) in [6.07, 6.45) is 1.91. The Bertz CT molecular complexity index is 627. The number of fused-ring (bicyclic) bond motifs is 1. The summed E-state index contributed by atoms with van der Waals surface area (Å²) >= 11 is 0. The van der Waals surface area contributed by atoms with E-state index in [1.165, 1.54) is 11.3 Å². The van der Waals surface area contributed by atoms with Crippen molar-refractivity contribution in [3.63, 3.8) is 0 Å². The first kappa shape index (κ1) is 15.2. The standard InChI is InChI=1S/C16H24N4O2/c1-5-21-9-13-6-20(7-14-11(2)18-22-12(14)3)8-15-16(13)19(4)10-17-15/h10,13H,5-9H2,1-4H3/t13-/m1/s1. The summed E-state index contributed by atoms with van der Waals surface area (Å²) in [5, 5.41) is 4.05. The van der Waals surface area contributed by atoms with E-state index in [1.54, 1.807) is 0 Å². The number of aryl methyl sites for hydroxylation is 3. The van der Waals surface area contributed by atoms with E-state index in [2.05, 4.69) is 26.7 Å². The first-order chi connectivity index (χ1) is 10.6. The Morgan fingerprint density at radius 3 is 2.91 bits per heavy atom. The molecule has 2 aromatic rings. The van der Waals surface area contributed by atoms with Crippen LogP contribution in [0.15, 0.2) is 10.9 Å². The molecule has 0 aliphatic carbocycles. The molecule has 1 aliphatic rings. The van der Waals surface area contributed by atoms with Gasteiger partial charge < -0.3 is 13.8 Å². The first-order valence-electron chi connectivity index (χ1n) is 7.82. The molecule has 0 unspecified atom stereocenters. The monoisotopic (exact) mass is 304 g/mol. The predicted octanol–water partition coefficient (Wildman–Crippen LogP) is 2.16. The Labute approximate surface area is 131 Å².